The number of rotatable bonds is 1. The van der Waals surface area contributed by atoms with Gasteiger partial charge in [-0.25, -0.2) is 0 Å². The third kappa shape index (κ3) is 1.78. The summed E-state index contributed by atoms with van der Waals surface area (Å²) in [6, 6.07) is 11.1. The Morgan fingerprint density at radius 2 is 2.06 bits per heavy atom. The molecular formula is C14H19NS. The van der Waals surface area contributed by atoms with Gasteiger partial charge in [0.25, 0.3) is 0 Å². The molecule has 1 spiro atoms. The van der Waals surface area contributed by atoms with Gasteiger partial charge in [-0.1, -0.05) is 30.3 Å². The van der Waals surface area contributed by atoms with E-state index < -0.39 is 0 Å². The lowest BCUT2D eigenvalue weighted by Crippen LogP contribution is -2.43. The largest absolute Gasteiger partial charge is 0.316 e. The van der Waals surface area contributed by atoms with Crippen LogP contribution >= 0.6 is 11.8 Å². The zero-order chi connectivity index (χ0) is 10.8. The Kier molecular flexibility index (Phi) is 2.95. The first kappa shape index (κ1) is 10.7. The van der Waals surface area contributed by atoms with E-state index in [1.54, 1.807) is 0 Å². The molecule has 0 saturated carbocycles. The smallest absolute Gasteiger partial charge is 0.00286 e. The summed E-state index contributed by atoms with van der Waals surface area (Å²) in [6.45, 7) is 2.38. The lowest BCUT2D eigenvalue weighted by molar-refractivity contribution is 0.197. The topological polar surface area (TPSA) is 12.0 Å². The molecule has 2 atom stereocenters. The standard InChI is InChI=1S/C14H19NS/c1-2-4-12(5-3-1)13-10-15-8-6-14(13)7-9-16-11-14/h1-5,13,15H,6-11H2. The fraction of sp³-hybridized carbons (Fsp3) is 0.571. The van der Waals surface area contributed by atoms with Gasteiger partial charge in [0.2, 0.25) is 0 Å². The highest BCUT2D eigenvalue weighted by Crippen LogP contribution is 2.50. The van der Waals surface area contributed by atoms with Gasteiger partial charge in [-0.2, -0.15) is 11.8 Å². The quantitative estimate of drug-likeness (QED) is 0.800. The third-order valence-electron chi connectivity index (χ3n) is 4.22. The van der Waals surface area contributed by atoms with Crippen LogP contribution in [0, 0.1) is 5.41 Å². The second-order valence-electron chi connectivity index (χ2n) is 5.08. The molecule has 2 aliphatic rings. The maximum atomic E-state index is 3.58. The molecule has 1 aromatic rings. The fourth-order valence-electron chi connectivity index (χ4n) is 3.23. The molecule has 3 rings (SSSR count). The summed E-state index contributed by atoms with van der Waals surface area (Å²) in [6.07, 6.45) is 2.78. The molecule has 1 aromatic carbocycles. The molecule has 86 valence electrons. The van der Waals surface area contributed by atoms with Crippen LogP contribution in [0.15, 0.2) is 30.3 Å². The summed E-state index contributed by atoms with van der Waals surface area (Å²) in [5.41, 5.74) is 2.13. The Morgan fingerprint density at radius 1 is 1.19 bits per heavy atom. The molecule has 0 aromatic heterocycles. The van der Waals surface area contributed by atoms with Gasteiger partial charge >= 0.3 is 0 Å². The van der Waals surface area contributed by atoms with Gasteiger partial charge < -0.3 is 5.32 Å². The minimum atomic E-state index is 0.595. The number of nitrogens with one attached hydrogen (secondary N) is 1. The number of hydrogen-bond donors (Lipinski definition) is 1. The highest BCUT2D eigenvalue weighted by Gasteiger charge is 2.43. The van der Waals surface area contributed by atoms with E-state index >= 15 is 0 Å². The van der Waals surface area contributed by atoms with Crippen LogP contribution in [0.3, 0.4) is 0 Å². The van der Waals surface area contributed by atoms with Crippen molar-refractivity contribution in [1.29, 1.82) is 0 Å². The summed E-state index contributed by atoms with van der Waals surface area (Å²) in [5, 5.41) is 3.58. The maximum absolute atomic E-state index is 3.58. The van der Waals surface area contributed by atoms with Crippen LogP contribution in [0.2, 0.25) is 0 Å². The Labute approximate surface area is 102 Å². The maximum Gasteiger partial charge on any atom is 0.00286 e. The summed E-state index contributed by atoms with van der Waals surface area (Å²) in [5.74, 6) is 3.47. The first-order chi connectivity index (χ1) is 7.91. The summed E-state index contributed by atoms with van der Waals surface area (Å²) >= 11 is 2.15. The second-order valence-corrected chi connectivity index (χ2v) is 6.19. The van der Waals surface area contributed by atoms with Crippen LogP contribution in [0.25, 0.3) is 0 Å². The Morgan fingerprint density at radius 3 is 2.81 bits per heavy atom. The van der Waals surface area contributed by atoms with Crippen molar-refractivity contribution in [2.24, 2.45) is 5.41 Å². The highest BCUT2D eigenvalue weighted by atomic mass is 32.2. The molecule has 1 nitrogen and oxygen atoms in total. The van der Waals surface area contributed by atoms with Crippen molar-refractivity contribution in [1.82, 2.24) is 5.32 Å². The molecule has 2 fully saturated rings. The van der Waals surface area contributed by atoms with Crippen LogP contribution in [-0.2, 0) is 0 Å². The van der Waals surface area contributed by atoms with Crippen LogP contribution in [0.5, 0.6) is 0 Å². The summed E-state index contributed by atoms with van der Waals surface area (Å²) < 4.78 is 0. The predicted octanol–water partition coefficient (Wildman–Crippen LogP) is 2.89. The van der Waals surface area contributed by atoms with Crippen LogP contribution in [0.1, 0.15) is 24.3 Å². The molecule has 16 heavy (non-hydrogen) atoms. The molecule has 0 amide bonds. The van der Waals surface area contributed by atoms with E-state index in [0.717, 1.165) is 5.92 Å². The van der Waals surface area contributed by atoms with E-state index in [4.69, 9.17) is 0 Å². The molecule has 0 radical (unpaired) electrons. The minimum absolute atomic E-state index is 0.595. The molecule has 2 aliphatic heterocycles. The van der Waals surface area contributed by atoms with Crippen molar-refractivity contribution < 1.29 is 0 Å². The summed E-state index contributed by atoms with van der Waals surface area (Å²) in [7, 11) is 0. The third-order valence-corrected chi connectivity index (χ3v) is 5.49. The van der Waals surface area contributed by atoms with E-state index in [2.05, 4.69) is 47.4 Å². The van der Waals surface area contributed by atoms with Gasteiger partial charge in [-0.3, -0.25) is 0 Å². The van der Waals surface area contributed by atoms with E-state index in [9.17, 15) is 0 Å². The monoisotopic (exact) mass is 233 g/mol. The first-order valence-corrected chi connectivity index (χ1v) is 7.40. The zero-order valence-electron chi connectivity index (χ0n) is 9.61. The molecule has 2 heterocycles. The number of thioether (sulfide) groups is 1. The molecule has 2 heteroatoms. The van der Waals surface area contributed by atoms with Gasteiger partial charge in [0, 0.05) is 12.5 Å². The summed E-state index contributed by atoms with van der Waals surface area (Å²) in [4.78, 5) is 0. The Bertz CT molecular complexity index is 343. The van der Waals surface area contributed by atoms with Gasteiger partial charge in [0.15, 0.2) is 0 Å². The van der Waals surface area contributed by atoms with Crippen molar-refractivity contribution in [2.75, 3.05) is 24.6 Å². The lowest BCUT2D eigenvalue weighted by Gasteiger charge is -2.41. The van der Waals surface area contributed by atoms with E-state index in [1.807, 2.05) is 0 Å². The fourth-order valence-corrected chi connectivity index (χ4v) is 4.82. The number of hydrogen-bond acceptors (Lipinski definition) is 2. The van der Waals surface area contributed by atoms with Gasteiger partial charge in [0.1, 0.15) is 0 Å². The normalized spacial score (nSPS) is 34.4. The molecule has 2 unspecified atom stereocenters. The van der Waals surface area contributed by atoms with Gasteiger partial charge in [-0.05, 0) is 41.9 Å². The zero-order valence-corrected chi connectivity index (χ0v) is 10.4. The van der Waals surface area contributed by atoms with E-state index in [-0.39, 0.29) is 0 Å². The predicted molar refractivity (Wildman–Crippen MR) is 71.0 cm³/mol. The number of benzene rings is 1. The average Bonchev–Trinajstić information content (AvgIpc) is 2.80. The second kappa shape index (κ2) is 4.42. The molecule has 1 N–H and O–H groups in total. The first-order valence-electron chi connectivity index (χ1n) is 6.24. The highest BCUT2D eigenvalue weighted by molar-refractivity contribution is 7.99. The van der Waals surface area contributed by atoms with Crippen LogP contribution in [0.4, 0.5) is 0 Å². The molecule has 2 saturated heterocycles. The minimum Gasteiger partial charge on any atom is -0.316 e. The van der Waals surface area contributed by atoms with Crippen molar-refractivity contribution in [3.8, 4) is 0 Å². The Hall–Kier alpha value is -0.470. The average molecular weight is 233 g/mol. The van der Waals surface area contributed by atoms with E-state index in [0.29, 0.717) is 5.41 Å². The Balaban J connectivity index is 1.91. The molecular weight excluding hydrogens is 214 g/mol. The van der Waals surface area contributed by atoms with Gasteiger partial charge in [-0.15, -0.1) is 0 Å². The lowest BCUT2D eigenvalue weighted by atomic mass is 9.68. The number of piperidine rings is 1. The van der Waals surface area contributed by atoms with Crippen molar-refractivity contribution in [3.63, 3.8) is 0 Å². The van der Waals surface area contributed by atoms with E-state index in [1.165, 1.54) is 43.0 Å². The van der Waals surface area contributed by atoms with Crippen molar-refractivity contribution >= 4 is 11.8 Å². The van der Waals surface area contributed by atoms with Crippen molar-refractivity contribution in [2.45, 2.75) is 18.8 Å². The van der Waals surface area contributed by atoms with Gasteiger partial charge in [0.05, 0.1) is 0 Å². The SMILES string of the molecule is c1ccc(C2CNCCC23CCSC3)cc1. The van der Waals surface area contributed by atoms with Crippen LogP contribution in [-0.4, -0.2) is 24.6 Å². The molecule has 0 bridgehead atoms. The molecule has 0 aliphatic carbocycles. The van der Waals surface area contributed by atoms with Crippen LogP contribution < -0.4 is 5.32 Å². The van der Waals surface area contributed by atoms with Crippen molar-refractivity contribution in [3.05, 3.63) is 35.9 Å².